The van der Waals surface area contributed by atoms with Gasteiger partial charge in [0.05, 0.1) is 11.8 Å². The van der Waals surface area contributed by atoms with Gasteiger partial charge in [-0.15, -0.1) is 0 Å². The van der Waals surface area contributed by atoms with Crippen LogP contribution in [0.15, 0.2) is 4.42 Å². The molecular formula is C14H22N2O4S. The molecule has 1 aliphatic rings. The first-order valence-electron chi connectivity index (χ1n) is 7.02. The Morgan fingerprint density at radius 3 is 2.48 bits per heavy atom. The molecule has 1 atom stereocenters. The molecule has 0 bridgehead atoms. The third-order valence-electron chi connectivity index (χ3n) is 3.86. The molecule has 0 saturated carbocycles. The standard InChI is InChI=1S/C14H22N2O4S/c1-9-10(2)20-11(3)13(9)14(17)16-7-5-6-12(8-16)15-21(4,18)19/h12,15H,5-8H2,1-4H3. The fourth-order valence-corrected chi connectivity index (χ4v) is 3.62. The van der Waals surface area contributed by atoms with Crippen molar-refractivity contribution >= 4 is 15.9 Å². The van der Waals surface area contributed by atoms with Gasteiger partial charge in [-0.05, 0) is 33.6 Å². The second-order valence-electron chi connectivity index (χ2n) is 5.69. The molecule has 1 aromatic rings. The van der Waals surface area contributed by atoms with Crippen LogP contribution in [0.4, 0.5) is 0 Å². The van der Waals surface area contributed by atoms with Gasteiger partial charge in [-0.25, -0.2) is 13.1 Å². The number of hydrogen-bond acceptors (Lipinski definition) is 4. The number of nitrogens with one attached hydrogen (secondary N) is 1. The summed E-state index contributed by atoms with van der Waals surface area (Å²) in [5.41, 5.74) is 1.46. The summed E-state index contributed by atoms with van der Waals surface area (Å²) in [6.45, 7) is 6.53. The summed E-state index contributed by atoms with van der Waals surface area (Å²) in [5.74, 6) is 1.29. The molecule has 0 radical (unpaired) electrons. The predicted molar refractivity (Wildman–Crippen MR) is 79.8 cm³/mol. The molecule has 1 unspecified atom stereocenters. The van der Waals surface area contributed by atoms with Gasteiger partial charge in [0.1, 0.15) is 11.5 Å². The van der Waals surface area contributed by atoms with Crippen molar-refractivity contribution in [1.29, 1.82) is 0 Å². The Hall–Kier alpha value is -1.34. The average Bonchev–Trinajstić information content (AvgIpc) is 2.61. The zero-order valence-electron chi connectivity index (χ0n) is 12.9. The Labute approximate surface area is 125 Å². The number of sulfonamides is 1. The number of furan rings is 1. The van der Waals surface area contributed by atoms with E-state index in [0.717, 1.165) is 30.4 Å². The number of aryl methyl sites for hydroxylation is 2. The lowest BCUT2D eigenvalue weighted by atomic mass is 10.0. The molecule has 0 aliphatic carbocycles. The second-order valence-corrected chi connectivity index (χ2v) is 7.47. The molecule has 1 fully saturated rings. The monoisotopic (exact) mass is 314 g/mol. The zero-order valence-corrected chi connectivity index (χ0v) is 13.7. The van der Waals surface area contributed by atoms with E-state index in [1.54, 1.807) is 11.8 Å². The van der Waals surface area contributed by atoms with Crippen LogP contribution in [-0.2, 0) is 10.0 Å². The van der Waals surface area contributed by atoms with Crippen LogP contribution in [-0.4, -0.2) is 44.6 Å². The van der Waals surface area contributed by atoms with Crippen molar-refractivity contribution in [1.82, 2.24) is 9.62 Å². The fraction of sp³-hybridized carbons (Fsp3) is 0.643. The lowest BCUT2D eigenvalue weighted by Gasteiger charge is -2.32. The molecule has 1 saturated heterocycles. The fourth-order valence-electron chi connectivity index (χ4n) is 2.83. The highest BCUT2D eigenvalue weighted by Gasteiger charge is 2.29. The van der Waals surface area contributed by atoms with Crippen LogP contribution in [0.2, 0.25) is 0 Å². The number of piperidine rings is 1. The van der Waals surface area contributed by atoms with Crippen LogP contribution in [0.3, 0.4) is 0 Å². The highest BCUT2D eigenvalue weighted by atomic mass is 32.2. The van der Waals surface area contributed by atoms with Gasteiger partial charge in [-0.2, -0.15) is 0 Å². The summed E-state index contributed by atoms with van der Waals surface area (Å²) in [7, 11) is -3.26. The number of nitrogens with zero attached hydrogens (tertiary/aromatic N) is 1. The van der Waals surface area contributed by atoms with Crippen molar-refractivity contribution in [2.24, 2.45) is 0 Å². The number of carbonyl (C=O) groups is 1. The van der Waals surface area contributed by atoms with E-state index in [4.69, 9.17) is 4.42 Å². The van der Waals surface area contributed by atoms with Crippen molar-refractivity contribution < 1.29 is 17.6 Å². The average molecular weight is 314 g/mol. The van der Waals surface area contributed by atoms with Crippen LogP contribution in [0.1, 0.15) is 40.3 Å². The van der Waals surface area contributed by atoms with Gasteiger partial charge in [-0.1, -0.05) is 0 Å². The first-order valence-corrected chi connectivity index (χ1v) is 8.91. The van der Waals surface area contributed by atoms with E-state index >= 15 is 0 Å². The number of amides is 1. The predicted octanol–water partition coefficient (Wildman–Crippen LogP) is 1.36. The SMILES string of the molecule is Cc1oc(C)c(C(=O)N2CCCC(NS(C)(=O)=O)C2)c1C. The minimum atomic E-state index is -3.26. The molecule has 7 heteroatoms. The molecule has 2 rings (SSSR count). The maximum absolute atomic E-state index is 12.7. The number of likely N-dealkylation sites (tertiary alicyclic amines) is 1. The van der Waals surface area contributed by atoms with Crippen LogP contribution in [0.25, 0.3) is 0 Å². The van der Waals surface area contributed by atoms with Gasteiger partial charge in [0, 0.05) is 24.7 Å². The Morgan fingerprint density at radius 2 is 1.95 bits per heavy atom. The number of carbonyl (C=O) groups excluding carboxylic acids is 1. The molecule has 1 aromatic heterocycles. The minimum absolute atomic E-state index is 0.0816. The van der Waals surface area contributed by atoms with Gasteiger partial charge in [0.15, 0.2) is 0 Å². The molecule has 1 N–H and O–H groups in total. The van der Waals surface area contributed by atoms with E-state index < -0.39 is 10.0 Å². The summed E-state index contributed by atoms with van der Waals surface area (Å²) in [5, 5.41) is 0. The second kappa shape index (κ2) is 5.81. The third-order valence-corrected chi connectivity index (χ3v) is 4.63. The van der Waals surface area contributed by atoms with E-state index in [1.165, 1.54) is 0 Å². The molecule has 21 heavy (non-hydrogen) atoms. The number of rotatable bonds is 3. The first kappa shape index (κ1) is 16.0. The molecular weight excluding hydrogens is 292 g/mol. The maximum atomic E-state index is 12.7. The van der Waals surface area contributed by atoms with Crippen molar-refractivity contribution in [2.75, 3.05) is 19.3 Å². The maximum Gasteiger partial charge on any atom is 0.257 e. The summed E-state index contributed by atoms with van der Waals surface area (Å²) in [6, 6.07) is -0.216. The Balaban J connectivity index is 2.16. The van der Waals surface area contributed by atoms with Crippen LogP contribution in [0, 0.1) is 20.8 Å². The summed E-state index contributed by atoms with van der Waals surface area (Å²) >= 11 is 0. The van der Waals surface area contributed by atoms with E-state index in [0.29, 0.717) is 24.4 Å². The minimum Gasteiger partial charge on any atom is -0.466 e. The van der Waals surface area contributed by atoms with E-state index in [-0.39, 0.29) is 11.9 Å². The summed E-state index contributed by atoms with van der Waals surface area (Å²) in [4.78, 5) is 14.4. The van der Waals surface area contributed by atoms with E-state index in [1.807, 2.05) is 13.8 Å². The smallest absolute Gasteiger partial charge is 0.257 e. The third kappa shape index (κ3) is 3.65. The molecule has 0 aromatic carbocycles. The summed E-state index contributed by atoms with van der Waals surface area (Å²) < 4.78 is 30.7. The quantitative estimate of drug-likeness (QED) is 0.913. The molecule has 1 aliphatic heterocycles. The van der Waals surface area contributed by atoms with Crippen molar-refractivity contribution in [3.63, 3.8) is 0 Å². The molecule has 6 nitrogen and oxygen atoms in total. The van der Waals surface area contributed by atoms with Crippen LogP contribution >= 0.6 is 0 Å². The van der Waals surface area contributed by atoms with Gasteiger partial charge < -0.3 is 9.32 Å². The first-order chi connectivity index (χ1) is 9.69. The highest BCUT2D eigenvalue weighted by molar-refractivity contribution is 7.88. The summed E-state index contributed by atoms with van der Waals surface area (Å²) in [6.07, 6.45) is 2.68. The Bertz CT molecular complexity index is 648. The van der Waals surface area contributed by atoms with Gasteiger partial charge in [-0.3, -0.25) is 4.79 Å². The largest absolute Gasteiger partial charge is 0.466 e. The zero-order chi connectivity index (χ0) is 15.8. The highest BCUT2D eigenvalue weighted by Crippen LogP contribution is 2.24. The molecule has 2 heterocycles. The van der Waals surface area contributed by atoms with Crippen molar-refractivity contribution in [3.05, 3.63) is 22.6 Å². The van der Waals surface area contributed by atoms with Crippen LogP contribution < -0.4 is 4.72 Å². The van der Waals surface area contributed by atoms with E-state index in [9.17, 15) is 13.2 Å². The van der Waals surface area contributed by atoms with Crippen molar-refractivity contribution in [2.45, 2.75) is 39.7 Å². The number of hydrogen-bond donors (Lipinski definition) is 1. The van der Waals surface area contributed by atoms with Gasteiger partial charge in [0.25, 0.3) is 5.91 Å². The topological polar surface area (TPSA) is 79.6 Å². The molecule has 1 amide bonds. The Kier molecular flexibility index (Phi) is 4.43. The van der Waals surface area contributed by atoms with E-state index in [2.05, 4.69) is 4.72 Å². The van der Waals surface area contributed by atoms with Crippen LogP contribution in [0.5, 0.6) is 0 Å². The van der Waals surface area contributed by atoms with Crippen molar-refractivity contribution in [3.8, 4) is 0 Å². The normalized spacial score (nSPS) is 19.8. The lowest BCUT2D eigenvalue weighted by molar-refractivity contribution is 0.0700. The molecule has 0 spiro atoms. The molecule has 118 valence electrons. The Morgan fingerprint density at radius 1 is 1.29 bits per heavy atom. The lowest BCUT2D eigenvalue weighted by Crippen LogP contribution is -2.49. The van der Waals surface area contributed by atoms with Gasteiger partial charge in [0.2, 0.25) is 10.0 Å². The van der Waals surface area contributed by atoms with Gasteiger partial charge >= 0.3 is 0 Å².